The average Bonchev–Trinajstić information content (AvgIpc) is 3.22. The molecule has 1 aromatic heterocycles. The number of aliphatic carboxylic acids is 1. The Morgan fingerprint density at radius 2 is 2.25 bits per heavy atom. The first kappa shape index (κ1) is 16.0. The molecular formula is C17H19N3O4. The lowest BCUT2D eigenvalue weighted by atomic mass is 10.1. The maximum atomic E-state index is 12.4. The second kappa shape index (κ2) is 6.35. The number of benzene rings is 1. The molecule has 2 N–H and O–H groups in total. The number of aryl methyl sites for hydroxylation is 2. The van der Waals surface area contributed by atoms with Crippen molar-refractivity contribution in [3.8, 4) is 5.75 Å². The molecule has 0 bridgehead atoms. The first-order valence-electron chi connectivity index (χ1n) is 7.68. The lowest BCUT2D eigenvalue weighted by Crippen LogP contribution is -2.15. The number of carbonyl (C=O) groups excluding carboxylic acids is 1. The van der Waals surface area contributed by atoms with Crippen molar-refractivity contribution >= 4 is 17.6 Å². The van der Waals surface area contributed by atoms with Gasteiger partial charge in [-0.05, 0) is 48.6 Å². The summed E-state index contributed by atoms with van der Waals surface area (Å²) in [4.78, 5) is 22.9. The fraction of sp³-hybridized carbons (Fsp3) is 0.353. The second-order valence-electron chi connectivity index (χ2n) is 6.04. The number of carboxylic acids is 1. The molecule has 1 amide bonds. The Bertz CT molecular complexity index is 784. The average molecular weight is 329 g/mol. The highest BCUT2D eigenvalue weighted by atomic mass is 16.5. The summed E-state index contributed by atoms with van der Waals surface area (Å²) in [5, 5.41) is 15.7. The predicted molar refractivity (Wildman–Crippen MR) is 87.0 cm³/mol. The highest BCUT2D eigenvalue weighted by Gasteiger charge is 2.44. The molecule has 1 aromatic carbocycles. The third kappa shape index (κ3) is 3.56. The number of amides is 1. The van der Waals surface area contributed by atoms with E-state index in [1.165, 1.54) is 0 Å². The highest BCUT2D eigenvalue weighted by Crippen LogP contribution is 2.47. The van der Waals surface area contributed by atoms with Crippen molar-refractivity contribution in [1.29, 1.82) is 0 Å². The van der Waals surface area contributed by atoms with Crippen molar-refractivity contribution in [2.24, 2.45) is 13.0 Å². The van der Waals surface area contributed by atoms with Crippen LogP contribution in [0.15, 0.2) is 30.6 Å². The predicted octanol–water partition coefficient (Wildman–Crippen LogP) is 1.93. The lowest BCUT2D eigenvalue weighted by molar-refractivity contribution is -0.139. The highest BCUT2D eigenvalue weighted by molar-refractivity contribution is 5.95. The Hall–Kier alpha value is -2.83. The third-order valence-electron chi connectivity index (χ3n) is 4.10. The SMILES string of the molecule is Cc1cc(OCC(=O)O)ccc1NC(=O)C1CC1c1cnn(C)c1. The maximum absolute atomic E-state index is 12.4. The minimum atomic E-state index is -1.03. The van der Waals surface area contributed by atoms with E-state index in [0.717, 1.165) is 17.5 Å². The molecule has 1 fully saturated rings. The molecule has 0 aliphatic heterocycles. The number of hydrogen-bond donors (Lipinski definition) is 2. The van der Waals surface area contributed by atoms with E-state index in [2.05, 4.69) is 10.4 Å². The number of rotatable bonds is 6. The van der Waals surface area contributed by atoms with Crippen molar-refractivity contribution in [3.05, 3.63) is 41.7 Å². The van der Waals surface area contributed by atoms with E-state index in [-0.39, 0.29) is 24.3 Å². The first-order valence-corrected chi connectivity index (χ1v) is 7.68. The van der Waals surface area contributed by atoms with Crippen molar-refractivity contribution in [1.82, 2.24) is 9.78 Å². The molecule has 2 atom stereocenters. The molecule has 0 radical (unpaired) electrons. The molecular weight excluding hydrogens is 310 g/mol. The van der Waals surface area contributed by atoms with Gasteiger partial charge in [0.25, 0.3) is 0 Å². The quantitative estimate of drug-likeness (QED) is 0.845. The van der Waals surface area contributed by atoms with Crippen LogP contribution in [0.5, 0.6) is 5.75 Å². The van der Waals surface area contributed by atoms with Crippen LogP contribution in [0.25, 0.3) is 0 Å². The molecule has 7 heteroatoms. The molecule has 0 spiro atoms. The van der Waals surface area contributed by atoms with Gasteiger partial charge in [-0.25, -0.2) is 4.79 Å². The van der Waals surface area contributed by atoms with Gasteiger partial charge in [0, 0.05) is 24.8 Å². The van der Waals surface area contributed by atoms with Gasteiger partial charge in [0.15, 0.2) is 6.61 Å². The summed E-state index contributed by atoms with van der Waals surface area (Å²) in [5.74, 6) is -0.368. The Morgan fingerprint density at radius 3 is 2.88 bits per heavy atom. The van der Waals surface area contributed by atoms with Crippen LogP contribution in [0.1, 0.15) is 23.5 Å². The Morgan fingerprint density at radius 1 is 1.46 bits per heavy atom. The first-order chi connectivity index (χ1) is 11.4. The van der Waals surface area contributed by atoms with Crippen LogP contribution in [-0.4, -0.2) is 33.4 Å². The van der Waals surface area contributed by atoms with Crippen LogP contribution < -0.4 is 10.1 Å². The van der Waals surface area contributed by atoms with Crippen LogP contribution >= 0.6 is 0 Å². The van der Waals surface area contributed by atoms with Gasteiger partial charge in [0.2, 0.25) is 5.91 Å². The van der Waals surface area contributed by atoms with Crippen LogP contribution in [0.4, 0.5) is 5.69 Å². The number of nitrogens with zero attached hydrogens (tertiary/aromatic N) is 2. The van der Waals surface area contributed by atoms with E-state index in [9.17, 15) is 9.59 Å². The number of nitrogens with one attached hydrogen (secondary N) is 1. The van der Waals surface area contributed by atoms with E-state index in [0.29, 0.717) is 11.4 Å². The van der Waals surface area contributed by atoms with Gasteiger partial charge in [-0.2, -0.15) is 5.10 Å². The summed E-state index contributed by atoms with van der Waals surface area (Å²) in [5.41, 5.74) is 2.62. The third-order valence-corrected chi connectivity index (χ3v) is 4.10. The van der Waals surface area contributed by atoms with Crippen molar-refractivity contribution in [2.45, 2.75) is 19.3 Å². The number of anilines is 1. The molecule has 3 rings (SSSR count). The van der Waals surface area contributed by atoms with Crippen LogP contribution in [0.3, 0.4) is 0 Å². The number of hydrogen-bond acceptors (Lipinski definition) is 4. The summed E-state index contributed by atoms with van der Waals surface area (Å²) < 4.78 is 6.86. The molecule has 2 unspecified atom stereocenters. The fourth-order valence-corrected chi connectivity index (χ4v) is 2.72. The van der Waals surface area contributed by atoms with Gasteiger partial charge < -0.3 is 15.2 Å². The minimum Gasteiger partial charge on any atom is -0.482 e. The van der Waals surface area contributed by atoms with Gasteiger partial charge in [0.1, 0.15) is 5.75 Å². The Balaban J connectivity index is 1.60. The van der Waals surface area contributed by atoms with E-state index >= 15 is 0 Å². The summed E-state index contributed by atoms with van der Waals surface area (Å²) >= 11 is 0. The molecule has 1 heterocycles. The van der Waals surface area contributed by atoms with Crippen molar-refractivity contribution in [2.75, 3.05) is 11.9 Å². The number of carboxylic acid groups (broad SMARTS) is 1. The van der Waals surface area contributed by atoms with Crippen LogP contribution in [-0.2, 0) is 16.6 Å². The molecule has 1 saturated carbocycles. The van der Waals surface area contributed by atoms with Gasteiger partial charge >= 0.3 is 5.97 Å². The standard InChI is InChI=1S/C17H19N3O4/c1-10-5-12(24-9-16(21)22)3-4-15(10)19-17(23)14-6-13(14)11-7-18-20(2)8-11/h3-5,7-8,13-14H,6,9H2,1-2H3,(H,19,23)(H,21,22). The summed E-state index contributed by atoms with van der Waals surface area (Å²) in [6.07, 6.45) is 4.58. The lowest BCUT2D eigenvalue weighted by Gasteiger charge is -2.10. The zero-order valence-corrected chi connectivity index (χ0v) is 13.5. The monoisotopic (exact) mass is 329 g/mol. The molecule has 7 nitrogen and oxygen atoms in total. The van der Waals surface area contributed by atoms with Crippen LogP contribution in [0, 0.1) is 12.8 Å². The van der Waals surface area contributed by atoms with Gasteiger partial charge in [-0.3, -0.25) is 9.48 Å². The fourth-order valence-electron chi connectivity index (χ4n) is 2.72. The Kier molecular flexibility index (Phi) is 4.24. The molecule has 1 aliphatic carbocycles. The van der Waals surface area contributed by atoms with Gasteiger partial charge in [-0.15, -0.1) is 0 Å². The van der Waals surface area contributed by atoms with Gasteiger partial charge in [-0.1, -0.05) is 0 Å². The number of ether oxygens (including phenoxy) is 1. The normalized spacial score (nSPS) is 18.9. The summed E-state index contributed by atoms with van der Waals surface area (Å²) in [6, 6.07) is 5.09. The Labute approximate surface area is 139 Å². The summed E-state index contributed by atoms with van der Waals surface area (Å²) in [7, 11) is 1.86. The molecule has 126 valence electrons. The second-order valence-corrected chi connectivity index (χ2v) is 6.04. The topological polar surface area (TPSA) is 93.4 Å². The molecule has 2 aromatic rings. The summed E-state index contributed by atoms with van der Waals surface area (Å²) in [6.45, 7) is 1.45. The zero-order chi connectivity index (χ0) is 17.3. The minimum absolute atomic E-state index is 0.00819. The van der Waals surface area contributed by atoms with Crippen molar-refractivity contribution in [3.63, 3.8) is 0 Å². The number of aromatic nitrogens is 2. The zero-order valence-electron chi connectivity index (χ0n) is 13.5. The maximum Gasteiger partial charge on any atom is 0.341 e. The van der Waals surface area contributed by atoms with E-state index in [1.807, 2.05) is 20.2 Å². The van der Waals surface area contributed by atoms with Crippen LogP contribution in [0.2, 0.25) is 0 Å². The van der Waals surface area contributed by atoms with Crippen molar-refractivity contribution < 1.29 is 19.4 Å². The number of carbonyl (C=O) groups is 2. The molecule has 0 saturated heterocycles. The molecule has 24 heavy (non-hydrogen) atoms. The largest absolute Gasteiger partial charge is 0.482 e. The van der Waals surface area contributed by atoms with Gasteiger partial charge in [0.05, 0.1) is 6.20 Å². The van der Waals surface area contributed by atoms with E-state index in [1.54, 1.807) is 29.1 Å². The molecule has 1 aliphatic rings. The smallest absolute Gasteiger partial charge is 0.341 e. The van der Waals surface area contributed by atoms with E-state index < -0.39 is 5.97 Å². The van der Waals surface area contributed by atoms with E-state index in [4.69, 9.17) is 9.84 Å².